The second kappa shape index (κ2) is 3.53. The molecule has 2 aromatic heterocycles. The van der Waals surface area contributed by atoms with Gasteiger partial charge in [0, 0.05) is 19.5 Å². The molecule has 2 heterocycles. The lowest BCUT2D eigenvalue weighted by atomic mass is 10.2. The van der Waals surface area contributed by atoms with Crippen LogP contribution in [0.15, 0.2) is 15.3 Å². The minimum atomic E-state index is -0.276. The predicted octanol–water partition coefficient (Wildman–Crippen LogP) is 1.79. The summed E-state index contributed by atoms with van der Waals surface area (Å²) in [5.41, 5.74) is 1.30. The summed E-state index contributed by atoms with van der Waals surface area (Å²) in [6, 6.07) is 1.90. The van der Waals surface area contributed by atoms with Crippen molar-refractivity contribution < 1.29 is 4.42 Å². The van der Waals surface area contributed by atoms with E-state index < -0.39 is 0 Å². The molecular formula is C11H14N2O2. The molecule has 2 rings (SSSR count). The molecule has 0 aliphatic carbocycles. The Morgan fingerprint density at radius 2 is 2.27 bits per heavy atom. The topological polar surface area (TPSA) is 48.0 Å². The highest BCUT2D eigenvalue weighted by Gasteiger charge is 2.11. The molecular weight excluding hydrogens is 192 g/mol. The van der Waals surface area contributed by atoms with Crippen molar-refractivity contribution >= 4 is 10.9 Å². The van der Waals surface area contributed by atoms with Gasteiger partial charge in [-0.15, -0.1) is 0 Å². The van der Waals surface area contributed by atoms with Gasteiger partial charge in [0.15, 0.2) is 0 Å². The lowest BCUT2D eigenvalue weighted by molar-refractivity contribution is 0.464. The van der Waals surface area contributed by atoms with Crippen LogP contribution in [0, 0.1) is 6.92 Å². The Kier molecular flexibility index (Phi) is 2.34. The maximum absolute atomic E-state index is 11.7. The minimum absolute atomic E-state index is 0.276. The van der Waals surface area contributed by atoms with Gasteiger partial charge in [-0.1, -0.05) is 6.92 Å². The molecule has 15 heavy (non-hydrogen) atoms. The maximum Gasteiger partial charge on any atom is 0.347 e. The third kappa shape index (κ3) is 1.56. The monoisotopic (exact) mass is 206 g/mol. The van der Waals surface area contributed by atoms with Crippen LogP contribution in [0.25, 0.3) is 10.9 Å². The third-order valence-electron chi connectivity index (χ3n) is 2.49. The van der Waals surface area contributed by atoms with E-state index in [1.807, 2.05) is 20.0 Å². The van der Waals surface area contributed by atoms with Crippen LogP contribution < -0.4 is 5.63 Å². The Hall–Kier alpha value is -1.58. The number of rotatable bonds is 2. The van der Waals surface area contributed by atoms with Gasteiger partial charge in [-0.05, 0) is 13.3 Å². The Morgan fingerprint density at radius 1 is 1.53 bits per heavy atom. The molecule has 0 unspecified atom stereocenters. The van der Waals surface area contributed by atoms with Crippen LogP contribution in [0.3, 0.4) is 0 Å². The van der Waals surface area contributed by atoms with E-state index >= 15 is 0 Å². The second-order valence-corrected chi connectivity index (χ2v) is 3.72. The fraction of sp³-hybridized carbons (Fsp3) is 0.455. The molecule has 0 saturated heterocycles. The Morgan fingerprint density at radius 3 is 2.93 bits per heavy atom. The average molecular weight is 206 g/mol. The summed E-state index contributed by atoms with van der Waals surface area (Å²) in [6.07, 6.45) is 1.75. The summed E-state index contributed by atoms with van der Waals surface area (Å²) in [6.45, 7) is 3.87. The zero-order chi connectivity index (χ0) is 11.0. The van der Waals surface area contributed by atoms with Crippen molar-refractivity contribution in [1.29, 1.82) is 0 Å². The Balaban J connectivity index is 2.76. The second-order valence-electron chi connectivity index (χ2n) is 3.72. The molecule has 0 atom stereocenters. The van der Waals surface area contributed by atoms with E-state index in [0.29, 0.717) is 5.39 Å². The predicted molar refractivity (Wildman–Crippen MR) is 58.0 cm³/mol. The van der Waals surface area contributed by atoms with Crippen LogP contribution >= 0.6 is 0 Å². The number of fused-ring (bicyclic) bond motifs is 1. The van der Waals surface area contributed by atoms with Gasteiger partial charge in [0.1, 0.15) is 11.1 Å². The van der Waals surface area contributed by atoms with Crippen LogP contribution in [0.5, 0.6) is 0 Å². The summed E-state index contributed by atoms with van der Waals surface area (Å²) in [7, 11) is 1.84. The summed E-state index contributed by atoms with van der Waals surface area (Å²) >= 11 is 0. The van der Waals surface area contributed by atoms with Crippen molar-refractivity contribution in [2.45, 2.75) is 26.7 Å². The molecule has 4 nitrogen and oxygen atoms in total. The largest absolute Gasteiger partial charge is 0.427 e. The highest BCUT2D eigenvalue weighted by atomic mass is 16.4. The Labute approximate surface area is 87.5 Å². The minimum Gasteiger partial charge on any atom is -0.427 e. The molecule has 0 aliphatic heterocycles. The first kappa shape index (κ1) is 9.96. The maximum atomic E-state index is 11.7. The molecule has 2 aromatic rings. The summed E-state index contributed by atoms with van der Waals surface area (Å²) < 4.78 is 6.94. The van der Waals surface area contributed by atoms with Gasteiger partial charge >= 0.3 is 5.63 Å². The molecule has 4 heteroatoms. The fourth-order valence-corrected chi connectivity index (χ4v) is 1.82. The van der Waals surface area contributed by atoms with E-state index in [2.05, 4.69) is 12.0 Å². The highest BCUT2D eigenvalue weighted by molar-refractivity contribution is 5.80. The first-order chi connectivity index (χ1) is 7.13. The van der Waals surface area contributed by atoms with Crippen LogP contribution in [0.4, 0.5) is 0 Å². The van der Waals surface area contributed by atoms with Crippen LogP contribution in [0.1, 0.15) is 24.8 Å². The van der Waals surface area contributed by atoms with Crippen molar-refractivity contribution in [3.05, 3.63) is 27.9 Å². The smallest absolute Gasteiger partial charge is 0.347 e. The molecule has 0 radical (unpaired) electrons. The first-order valence-electron chi connectivity index (χ1n) is 5.09. The summed E-state index contributed by atoms with van der Waals surface area (Å²) in [5, 5.41) is 4.80. The van der Waals surface area contributed by atoms with Gasteiger partial charge in [0.2, 0.25) is 0 Å². The van der Waals surface area contributed by atoms with Gasteiger partial charge in [0.05, 0.1) is 11.2 Å². The van der Waals surface area contributed by atoms with Crippen molar-refractivity contribution in [3.63, 3.8) is 0 Å². The average Bonchev–Trinajstić information content (AvgIpc) is 2.43. The normalized spacial score (nSPS) is 11.1. The van der Waals surface area contributed by atoms with Gasteiger partial charge in [-0.25, -0.2) is 4.79 Å². The van der Waals surface area contributed by atoms with Crippen molar-refractivity contribution in [3.8, 4) is 0 Å². The Bertz CT molecular complexity index is 551. The molecule has 0 bridgehead atoms. The van der Waals surface area contributed by atoms with E-state index in [9.17, 15) is 4.79 Å². The van der Waals surface area contributed by atoms with E-state index in [0.717, 1.165) is 29.8 Å². The first-order valence-corrected chi connectivity index (χ1v) is 5.09. The zero-order valence-corrected chi connectivity index (χ0v) is 9.20. The molecule has 0 aromatic carbocycles. The van der Waals surface area contributed by atoms with E-state index in [1.165, 1.54) is 0 Å². The molecule has 0 fully saturated rings. The van der Waals surface area contributed by atoms with Crippen LogP contribution in [-0.2, 0) is 13.5 Å². The van der Waals surface area contributed by atoms with Gasteiger partial charge in [0.25, 0.3) is 0 Å². The number of aromatic nitrogens is 2. The van der Waals surface area contributed by atoms with E-state index in [1.54, 1.807) is 4.68 Å². The quantitative estimate of drug-likeness (QED) is 0.752. The van der Waals surface area contributed by atoms with E-state index in [4.69, 9.17) is 4.42 Å². The number of aryl methyl sites for hydroxylation is 3. The van der Waals surface area contributed by atoms with Crippen LogP contribution in [-0.4, -0.2) is 9.78 Å². The lowest BCUT2D eigenvalue weighted by Crippen LogP contribution is -2.02. The van der Waals surface area contributed by atoms with Crippen LogP contribution in [0.2, 0.25) is 0 Å². The lowest BCUT2D eigenvalue weighted by Gasteiger charge is -1.98. The molecule has 0 N–H and O–H groups in total. The van der Waals surface area contributed by atoms with Gasteiger partial charge < -0.3 is 4.42 Å². The summed E-state index contributed by atoms with van der Waals surface area (Å²) in [5.74, 6) is 0.734. The zero-order valence-electron chi connectivity index (χ0n) is 9.20. The molecule has 0 aliphatic rings. The van der Waals surface area contributed by atoms with Gasteiger partial charge in [-0.2, -0.15) is 5.10 Å². The highest BCUT2D eigenvalue weighted by Crippen LogP contribution is 2.15. The number of hydrogen-bond acceptors (Lipinski definition) is 3. The standard InChI is InChI=1S/C11H14N2O2/c1-4-5-8-6-9-10(11(14)15-8)7(2)12-13(9)3/h6H,4-5H2,1-3H3. The fourth-order valence-electron chi connectivity index (χ4n) is 1.82. The third-order valence-corrected chi connectivity index (χ3v) is 2.49. The van der Waals surface area contributed by atoms with Crippen molar-refractivity contribution in [2.24, 2.45) is 7.05 Å². The van der Waals surface area contributed by atoms with Crippen molar-refractivity contribution in [2.75, 3.05) is 0 Å². The van der Waals surface area contributed by atoms with E-state index in [-0.39, 0.29) is 5.63 Å². The molecule has 0 saturated carbocycles. The molecule has 0 amide bonds. The SMILES string of the molecule is CCCc1cc2c(c(C)nn2C)c(=O)o1. The van der Waals surface area contributed by atoms with Crippen molar-refractivity contribution in [1.82, 2.24) is 9.78 Å². The molecule has 0 spiro atoms. The number of nitrogens with zero attached hydrogens (tertiary/aromatic N) is 2. The van der Waals surface area contributed by atoms with Gasteiger partial charge in [-0.3, -0.25) is 4.68 Å². The summed E-state index contributed by atoms with van der Waals surface area (Å²) in [4.78, 5) is 11.7. The number of hydrogen-bond donors (Lipinski definition) is 0. The molecule has 80 valence electrons.